The molecule has 1 aromatic carbocycles. The molecule has 3 rings (SSSR count). The third-order valence-corrected chi connectivity index (χ3v) is 5.66. The summed E-state index contributed by atoms with van der Waals surface area (Å²) < 4.78 is 30.4. The molecule has 0 aliphatic rings. The number of rotatable bonds is 6. The highest BCUT2D eigenvalue weighted by Gasteiger charge is 2.21. The number of nitrogens with zero attached hydrogens (tertiary/aromatic N) is 2. The number of carbonyl (C=O) groups excluding carboxylic acids is 1. The zero-order chi connectivity index (χ0) is 21.2. The highest BCUT2D eigenvalue weighted by atomic mass is 32.2. The monoisotopic (exact) mass is 414 g/mol. The van der Waals surface area contributed by atoms with Crippen LogP contribution in [0.2, 0.25) is 0 Å². The third kappa shape index (κ3) is 4.22. The molecule has 29 heavy (non-hydrogen) atoms. The van der Waals surface area contributed by atoms with Gasteiger partial charge in [-0.2, -0.15) is 0 Å². The Kier molecular flexibility index (Phi) is 5.83. The van der Waals surface area contributed by atoms with Crippen molar-refractivity contribution < 1.29 is 17.9 Å². The van der Waals surface area contributed by atoms with Gasteiger partial charge in [0.25, 0.3) is 5.56 Å². The zero-order valence-electron chi connectivity index (χ0n) is 16.5. The van der Waals surface area contributed by atoms with E-state index < -0.39 is 15.8 Å². The molecular formula is C21H22N2O5S. The molecule has 0 bridgehead atoms. The molecule has 0 N–H and O–H groups in total. The molecule has 0 radical (unpaired) electrons. The van der Waals surface area contributed by atoms with Gasteiger partial charge in [-0.3, -0.25) is 14.2 Å². The maximum absolute atomic E-state index is 13.4. The Morgan fingerprint density at radius 3 is 2.45 bits per heavy atom. The average molecular weight is 414 g/mol. The first-order valence-corrected chi connectivity index (χ1v) is 11.1. The second-order valence-corrected chi connectivity index (χ2v) is 8.80. The summed E-state index contributed by atoms with van der Waals surface area (Å²) in [7, 11) is -3.36. The molecular weight excluding hydrogens is 392 g/mol. The Balaban J connectivity index is 2.34. The van der Waals surface area contributed by atoms with Crippen molar-refractivity contribution in [2.75, 3.05) is 6.26 Å². The van der Waals surface area contributed by atoms with Crippen LogP contribution in [0.25, 0.3) is 16.7 Å². The van der Waals surface area contributed by atoms with E-state index in [0.717, 1.165) is 19.1 Å². The first-order chi connectivity index (χ1) is 13.7. The van der Waals surface area contributed by atoms with Gasteiger partial charge in [0, 0.05) is 19.4 Å². The van der Waals surface area contributed by atoms with Crippen LogP contribution in [0.5, 0.6) is 5.75 Å². The number of hydrogen-bond donors (Lipinski definition) is 0. The normalized spacial score (nSPS) is 11.6. The lowest BCUT2D eigenvalue weighted by Crippen LogP contribution is -2.25. The summed E-state index contributed by atoms with van der Waals surface area (Å²) in [6.07, 6.45) is 4.74. The Hall–Kier alpha value is -3.00. The maximum Gasteiger partial charge on any atom is 0.308 e. The van der Waals surface area contributed by atoms with E-state index >= 15 is 0 Å². The minimum absolute atomic E-state index is 0.161. The van der Waals surface area contributed by atoms with Gasteiger partial charge in [0.2, 0.25) is 0 Å². The van der Waals surface area contributed by atoms with E-state index in [1.54, 1.807) is 30.5 Å². The Morgan fingerprint density at radius 2 is 1.86 bits per heavy atom. The predicted octanol–water partition coefficient (Wildman–Crippen LogP) is 3.06. The maximum atomic E-state index is 13.4. The molecule has 0 spiro atoms. The van der Waals surface area contributed by atoms with E-state index in [4.69, 9.17) is 4.74 Å². The summed E-state index contributed by atoms with van der Waals surface area (Å²) in [5.74, 6) is -0.273. The molecule has 0 saturated carbocycles. The number of esters is 1. The van der Waals surface area contributed by atoms with E-state index in [2.05, 4.69) is 4.98 Å². The van der Waals surface area contributed by atoms with Gasteiger partial charge in [-0.15, -0.1) is 0 Å². The van der Waals surface area contributed by atoms with Crippen LogP contribution in [-0.2, 0) is 21.1 Å². The number of sulfone groups is 1. The number of fused-ring (bicyclic) bond motifs is 1. The molecule has 8 heteroatoms. The van der Waals surface area contributed by atoms with Gasteiger partial charge < -0.3 is 4.74 Å². The van der Waals surface area contributed by atoms with Crippen LogP contribution in [0.15, 0.2) is 52.3 Å². The van der Waals surface area contributed by atoms with Crippen molar-refractivity contribution in [3.05, 3.63) is 58.5 Å². The fourth-order valence-electron chi connectivity index (χ4n) is 3.16. The van der Waals surface area contributed by atoms with Gasteiger partial charge in [-0.25, -0.2) is 13.4 Å². The molecule has 2 heterocycles. The summed E-state index contributed by atoms with van der Waals surface area (Å²) in [6, 6.07) is 9.51. The van der Waals surface area contributed by atoms with Crippen molar-refractivity contribution in [1.82, 2.24) is 9.55 Å². The topological polar surface area (TPSA) is 95.3 Å². The van der Waals surface area contributed by atoms with Crippen molar-refractivity contribution in [3.8, 4) is 11.4 Å². The molecule has 0 saturated heterocycles. The number of benzene rings is 1. The second-order valence-electron chi connectivity index (χ2n) is 6.79. The van der Waals surface area contributed by atoms with E-state index in [1.165, 1.54) is 23.6 Å². The summed E-state index contributed by atoms with van der Waals surface area (Å²) >= 11 is 0. The predicted molar refractivity (Wildman–Crippen MR) is 110 cm³/mol. The van der Waals surface area contributed by atoms with Crippen molar-refractivity contribution >= 4 is 26.8 Å². The number of ether oxygens (including phenoxy) is 1. The standard InChI is InChI=1S/C21H22N2O5S/c1-4-5-7-18-19(28-14(2)24)17-8-6-13-22-20(17)23(21(18)25)15-9-11-16(12-10-15)29(3,26)27/h6,8-13H,4-5,7H2,1-3H3. The molecule has 0 aliphatic carbocycles. The molecule has 3 aromatic rings. The minimum Gasteiger partial charge on any atom is -0.425 e. The lowest BCUT2D eigenvalue weighted by Gasteiger charge is -2.16. The Morgan fingerprint density at radius 1 is 1.17 bits per heavy atom. The summed E-state index contributed by atoms with van der Waals surface area (Å²) in [6.45, 7) is 3.30. The lowest BCUT2D eigenvalue weighted by atomic mass is 10.1. The highest BCUT2D eigenvalue weighted by Crippen LogP contribution is 2.29. The lowest BCUT2D eigenvalue weighted by molar-refractivity contribution is -0.131. The van der Waals surface area contributed by atoms with Crippen molar-refractivity contribution in [1.29, 1.82) is 0 Å². The molecule has 0 atom stereocenters. The van der Waals surface area contributed by atoms with Crippen LogP contribution in [0, 0.1) is 0 Å². The van der Waals surface area contributed by atoms with Gasteiger partial charge in [0.15, 0.2) is 21.2 Å². The van der Waals surface area contributed by atoms with E-state index in [-0.39, 0.29) is 16.2 Å². The second kappa shape index (κ2) is 8.16. The average Bonchev–Trinajstić information content (AvgIpc) is 2.67. The molecule has 7 nitrogen and oxygen atoms in total. The summed E-state index contributed by atoms with van der Waals surface area (Å²) in [5.41, 5.74) is 0.877. The van der Waals surface area contributed by atoms with Crippen LogP contribution in [0.3, 0.4) is 0 Å². The van der Waals surface area contributed by atoms with Crippen LogP contribution in [-0.4, -0.2) is 30.2 Å². The van der Waals surface area contributed by atoms with Gasteiger partial charge >= 0.3 is 5.97 Å². The number of aromatic nitrogens is 2. The molecule has 152 valence electrons. The van der Waals surface area contributed by atoms with Gasteiger partial charge in [-0.05, 0) is 49.2 Å². The summed E-state index contributed by atoms with van der Waals surface area (Å²) in [5, 5.41) is 0.542. The number of hydrogen-bond acceptors (Lipinski definition) is 6. The quantitative estimate of drug-likeness (QED) is 0.575. The molecule has 0 amide bonds. The van der Waals surface area contributed by atoms with Crippen molar-refractivity contribution in [2.45, 2.75) is 38.0 Å². The summed E-state index contributed by atoms with van der Waals surface area (Å²) in [4.78, 5) is 29.6. The minimum atomic E-state index is -3.36. The largest absolute Gasteiger partial charge is 0.425 e. The first-order valence-electron chi connectivity index (χ1n) is 9.25. The Labute approximate surface area is 168 Å². The molecule has 0 fully saturated rings. The fourth-order valence-corrected chi connectivity index (χ4v) is 3.79. The van der Waals surface area contributed by atoms with Gasteiger partial charge in [0.05, 0.1) is 21.5 Å². The third-order valence-electron chi connectivity index (χ3n) is 4.53. The van der Waals surface area contributed by atoms with E-state index in [0.29, 0.717) is 28.7 Å². The van der Waals surface area contributed by atoms with E-state index in [9.17, 15) is 18.0 Å². The molecule has 0 unspecified atom stereocenters. The van der Waals surface area contributed by atoms with E-state index in [1.807, 2.05) is 6.92 Å². The van der Waals surface area contributed by atoms with Gasteiger partial charge in [-0.1, -0.05) is 13.3 Å². The van der Waals surface area contributed by atoms with Crippen LogP contribution < -0.4 is 10.3 Å². The van der Waals surface area contributed by atoms with Gasteiger partial charge in [0.1, 0.15) is 0 Å². The fraction of sp³-hybridized carbons (Fsp3) is 0.286. The number of carbonyl (C=O) groups is 1. The molecule has 2 aromatic heterocycles. The van der Waals surface area contributed by atoms with Crippen LogP contribution in [0.4, 0.5) is 0 Å². The van der Waals surface area contributed by atoms with Crippen molar-refractivity contribution in [3.63, 3.8) is 0 Å². The zero-order valence-corrected chi connectivity index (χ0v) is 17.3. The highest BCUT2D eigenvalue weighted by molar-refractivity contribution is 7.90. The Bertz CT molecular complexity index is 1230. The van der Waals surface area contributed by atoms with Crippen molar-refractivity contribution in [2.24, 2.45) is 0 Å². The first kappa shape index (κ1) is 20.7. The van der Waals surface area contributed by atoms with Crippen LogP contribution >= 0.6 is 0 Å². The van der Waals surface area contributed by atoms with Crippen LogP contribution in [0.1, 0.15) is 32.3 Å². The number of pyridine rings is 2. The number of unbranched alkanes of at least 4 members (excludes halogenated alkanes) is 1. The SMILES string of the molecule is CCCCc1c(OC(C)=O)c2cccnc2n(-c2ccc(S(C)(=O)=O)cc2)c1=O. The molecule has 0 aliphatic heterocycles. The smallest absolute Gasteiger partial charge is 0.308 e.